The number of hydrogen-bond acceptors (Lipinski definition) is 2. The minimum absolute atomic E-state index is 0.164. The third-order valence-electron chi connectivity index (χ3n) is 3.90. The van der Waals surface area contributed by atoms with Crippen LogP contribution in [0.25, 0.3) is 0 Å². The molecule has 0 atom stereocenters. The predicted octanol–water partition coefficient (Wildman–Crippen LogP) is 4.17. The van der Waals surface area contributed by atoms with Gasteiger partial charge in [0.2, 0.25) is 0 Å². The van der Waals surface area contributed by atoms with Crippen molar-refractivity contribution in [1.29, 1.82) is 0 Å². The minimum atomic E-state index is -0.164. The highest BCUT2D eigenvalue weighted by molar-refractivity contribution is 6.33. The largest absolute Gasteiger partial charge is 0.311 e. The molecule has 3 rings (SSSR count). The Kier molecular flexibility index (Phi) is 4.67. The highest BCUT2D eigenvalue weighted by atomic mass is 35.5. The van der Waals surface area contributed by atoms with Gasteiger partial charge in [0, 0.05) is 12.7 Å². The van der Waals surface area contributed by atoms with Crippen LogP contribution in [0.4, 0.5) is 5.69 Å². The zero-order chi connectivity index (χ0) is 17.1. The van der Waals surface area contributed by atoms with Gasteiger partial charge < -0.3 is 4.90 Å². The van der Waals surface area contributed by atoms with Crippen LogP contribution in [0.15, 0.2) is 60.7 Å². The first-order valence-corrected chi connectivity index (χ1v) is 8.05. The third kappa shape index (κ3) is 3.19. The molecule has 122 valence electrons. The molecule has 3 aromatic rings. The molecular formula is C19H18ClN3O. The summed E-state index contributed by atoms with van der Waals surface area (Å²) in [6.45, 7) is 2.34. The molecule has 1 amide bonds. The van der Waals surface area contributed by atoms with Gasteiger partial charge in [-0.05, 0) is 24.6 Å². The van der Waals surface area contributed by atoms with Gasteiger partial charge in [0.05, 0.1) is 17.8 Å². The Bertz CT molecular complexity index is 844. The summed E-state index contributed by atoms with van der Waals surface area (Å²) in [7, 11) is 1.74. The van der Waals surface area contributed by atoms with Gasteiger partial charge in [0.15, 0.2) is 0 Å². The number of aryl methyl sites for hydroxylation is 1. The third-order valence-corrected chi connectivity index (χ3v) is 4.29. The van der Waals surface area contributed by atoms with Gasteiger partial charge in [-0.25, -0.2) is 4.68 Å². The van der Waals surface area contributed by atoms with E-state index < -0.39 is 0 Å². The van der Waals surface area contributed by atoms with Crippen LogP contribution in [0.1, 0.15) is 21.6 Å². The predicted molar refractivity (Wildman–Crippen MR) is 96.7 cm³/mol. The smallest absolute Gasteiger partial charge is 0.263 e. The molecule has 0 N–H and O–H groups in total. The number of carbonyl (C=O) groups is 1. The van der Waals surface area contributed by atoms with Gasteiger partial charge in [-0.3, -0.25) is 4.79 Å². The van der Waals surface area contributed by atoms with E-state index in [0.717, 1.165) is 11.3 Å². The normalized spacial score (nSPS) is 10.6. The van der Waals surface area contributed by atoms with E-state index in [9.17, 15) is 4.79 Å². The summed E-state index contributed by atoms with van der Waals surface area (Å²) in [5.41, 5.74) is 2.97. The lowest BCUT2D eigenvalue weighted by molar-refractivity contribution is 0.0992. The Labute approximate surface area is 146 Å². The van der Waals surface area contributed by atoms with Crippen molar-refractivity contribution in [3.05, 3.63) is 82.6 Å². The van der Waals surface area contributed by atoms with Crippen LogP contribution >= 0.6 is 11.6 Å². The molecule has 4 nitrogen and oxygen atoms in total. The second-order valence-electron chi connectivity index (χ2n) is 5.59. The molecular weight excluding hydrogens is 322 g/mol. The van der Waals surface area contributed by atoms with Crippen LogP contribution in [0.2, 0.25) is 5.15 Å². The van der Waals surface area contributed by atoms with E-state index in [1.54, 1.807) is 23.6 Å². The molecule has 5 heteroatoms. The minimum Gasteiger partial charge on any atom is -0.311 e. The van der Waals surface area contributed by atoms with Crippen LogP contribution < -0.4 is 4.90 Å². The van der Waals surface area contributed by atoms with Gasteiger partial charge >= 0.3 is 0 Å². The molecule has 0 spiro atoms. The quantitative estimate of drug-likeness (QED) is 0.715. The molecule has 0 fully saturated rings. The maximum absolute atomic E-state index is 12.8. The summed E-state index contributed by atoms with van der Waals surface area (Å²) in [4.78, 5) is 14.4. The molecule has 24 heavy (non-hydrogen) atoms. The Morgan fingerprint density at radius 1 is 1.08 bits per heavy atom. The number of carbonyl (C=O) groups excluding carboxylic acids is 1. The average molecular weight is 340 g/mol. The van der Waals surface area contributed by atoms with Crippen molar-refractivity contribution in [2.24, 2.45) is 0 Å². The fraction of sp³-hybridized carbons (Fsp3) is 0.158. The van der Waals surface area contributed by atoms with E-state index in [1.807, 2.05) is 60.7 Å². The standard InChI is InChI=1S/C19H18ClN3O/c1-14-17(19(24)22(2)16-11-7-4-8-12-16)18(20)23(21-14)13-15-9-5-3-6-10-15/h3-12H,13H2,1-2H3. The van der Waals surface area contributed by atoms with Gasteiger partial charge in [-0.2, -0.15) is 5.10 Å². The summed E-state index contributed by atoms with van der Waals surface area (Å²) < 4.78 is 1.66. The molecule has 2 aromatic carbocycles. The van der Waals surface area contributed by atoms with Crippen molar-refractivity contribution < 1.29 is 4.79 Å². The van der Waals surface area contributed by atoms with Gasteiger partial charge in [0.25, 0.3) is 5.91 Å². The maximum Gasteiger partial charge on any atom is 0.263 e. The molecule has 0 aliphatic rings. The summed E-state index contributed by atoms with van der Waals surface area (Å²) >= 11 is 6.46. The number of hydrogen-bond donors (Lipinski definition) is 0. The SMILES string of the molecule is Cc1nn(Cc2ccccc2)c(Cl)c1C(=O)N(C)c1ccccc1. The number of nitrogens with zero attached hydrogens (tertiary/aromatic N) is 3. The molecule has 0 saturated carbocycles. The molecule has 0 aliphatic heterocycles. The molecule has 0 saturated heterocycles. The summed E-state index contributed by atoms with van der Waals surface area (Å²) in [6, 6.07) is 19.4. The molecule has 0 radical (unpaired) electrons. The number of para-hydroxylation sites is 1. The highest BCUT2D eigenvalue weighted by Crippen LogP contribution is 2.24. The fourth-order valence-electron chi connectivity index (χ4n) is 2.59. The Morgan fingerprint density at radius 2 is 1.67 bits per heavy atom. The summed E-state index contributed by atoms with van der Waals surface area (Å²) in [5, 5.41) is 4.80. The van der Waals surface area contributed by atoms with Gasteiger partial charge in [-0.1, -0.05) is 60.1 Å². The van der Waals surface area contributed by atoms with E-state index in [1.165, 1.54) is 0 Å². The zero-order valence-corrected chi connectivity index (χ0v) is 14.4. The number of halogens is 1. The first-order valence-electron chi connectivity index (χ1n) is 7.68. The van der Waals surface area contributed by atoms with Crippen LogP contribution in [0.5, 0.6) is 0 Å². The van der Waals surface area contributed by atoms with Crippen molar-refractivity contribution in [2.45, 2.75) is 13.5 Å². The van der Waals surface area contributed by atoms with E-state index in [-0.39, 0.29) is 5.91 Å². The number of benzene rings is 2. The lowest BCUT2D eigenvalue weighted by Gasteiger charge is -2.17. The van der Waals surface area contributed by atoms with Crippen molar-refractivity contribution in [3.63, 3.8) is 0 Å². The number of rotatable bonds is 4. The zero-order valence-electron chi connectivity index (χ0n) is 13.6. The maximum atomic E-state index is 12.8. The summed E-state index contributed by atoms with van der Waals surface area (Å²) in [6.07, 6.45) is 0. The first-order chi connectivity index (χ1) is 11.6. The van der Waals surface area contributed by atoms with Crippen LogP contribution in [-0.2, 0) is 6.54 Å². The van der Waals surface area contributed by atoms with Crippen LogP contribution in [0, 0.1) is 6.92 Å². The highest BCUT2D eigenvalue weighted by Gasteiger charge is 2.23. The Balaban J connectivity index is 1.90. The fourth-order valence-corrected chi connectivity index (χ4v) is 2.91. The van der Waals surface area contributed by atoms with Gasteiger partial charge in [0.1, 0.15) is 5.15 Å². The molecule has 1 aromatic heterocycles. The first kappa shape index (κ1) is 16.3. The van der Waals surface area contributed by atoms with Gasteiger partial charge in [-0.15, -0.1) is 0 Å². The van der Waals surface area contributed by atoms with E-state index in [2.05, 4.69) is 5.10 Å². The Hall–Kier alpha value is -2.59. The molecule has 0 aliphatic carbocycles. The van der Waals surface area contributed by atoms with Crippen molar-refractivity contribution in [3.8, 4) is 0 Å². The second kappa shape index (κ2) is 6.89. The van der Waals surface area contributed by atoms with E-state index in [0.29, 0.717) is 23.0 Å². The topological polar surface area (TPSA) is 38.1 Å². The molecule has 1 heterocycles. The lowest BCUT2D eigenvalue weighted by Crippen LogP contribution is -2.26. The summed E-state index contributed by atoms with van der Waals surface area (Å²) in [5.74, 6) is -0.164. The lowest BCUT2D eigenvalue weighted by atomic mass is 10.2. The average Bonchev–Trinajstić information content (AvgIpc) is 2.89. The van der Waals surface area contributed by atoms with Crippen LogP contribution in [0.3, 0.4) is 0 Å². The van der Waals surface area contributed by atoms with Crippen molar-refractivity contribution in [2.75, 3.05) is 11.9 Å². The van der Waals surface area contributed by atoms with E-state index in [4.69, 9.17) is 11.6 Å². The Morgan fingerprint density at radius 3 is 2.29 bits per heavy atom. The number of anilines is 1. The van der Waals surface area contributed by atoms with E-state index >= 15 is 0 Å². The molecule has 0 bridgehead atoms. The van der Waals surface area contributed by atoms with Crippen molar-refractivity contribution in [1.82, 2.24) is 9.78 Å². The van der Waals surface area contributed by atoms with Crippen LogP contribution in [-0.4, -0.2) is 22.7 Å². The number of aromatic nitrogens is 2. The second-order valence-corrected chi connectivity index (χ2v) is 5.95. The number of amides is 1. The molecule has 0 unspecified atom stereocenters. The van der Waals surface area contributed by atoms with Crippen molar-refractivity contribution >= 4 is 23.2 Å². The monoisotopic (exact) mass is 339 g/mol.